The minimum atomic E-state index is 0.288. The van der Waals surface area contributed by atoms with Crippen molar-refractivity contribution in [3.8, 4) is 0 Å². The molecule has 0 spiro atoms. The zero-order valence-corrected chi connectivity index (χ0v) is 19.1. The van der Waals surface area contributed by atoms with E-state index in [9.17, 15) is 0 Å². The van der Waals surface area contributed by atoms with Gasteiger partial charge in [-0.15, -0.1) is 0 Å². The summed E-state index contributed by atoms with van der Waals surface area (Å²) in [6.07, 6.45) is 22.6. The highest BCUT2D eigenvalue weighted by Crippen LogP contribution is 2.39. The van der Waals surface area contributed by atoms with E-state index in [1.807, 2.05) is 0 Å². The number of benzene rings is 1. The maximum atomic E-state index is 2.81. The lowest BCUT2D eigenvalue weighted by molar-refractivity contribution is 0.0951. The molecule has 1 heterocycles. The van der Waals surface area contributed by atoms with Gasteiger partial charge in [-0.25, -0.2) is 0 Å². The Bertz CT molecular complexity index is 476. The van der Waals surface area contributed by atoms with Crippen molar-refractivity contribution in [2.24, 2.45) is 0 Å². The predicted octanol–water partition coefficient (Wildman–Crippen LogP) is 8.48. The smallest absolute Gasteiger partial charge is 0.0458 e. The maximum absolute atomic E-state index is 2.81. The molecule has 160 valence electrons. The van der Waals surface area contributed by atoms with Crippen molar-refractivity contribution in [3.05, 3.63) is 35.9 Å². The van der Waals surface area contributed by atoms with Crippen LogP contribution in [-0.2, 0) is 5.54 Å². The van der Waals surface area contributed by atoms with E-state index in [0.717, 1.165) is 0 Å². The van der Waals surface area contributed by atoms with E-state index in [0.29, 0.717) is 0 Å². The molecule has 1 nitrogen and oxygen atoms in total. The Morgan fingerprint density at radius 2 is 1.18 bits per heavy atom. The lowest BCUT2D eigenvalue weighted by Gasteiger charge is -2.42. The van der Waals surface area contributed by atoms with Crippen LogP contribution in [0.5, 0.6) is 0 Å². The Balaban J connectivity index is 1.66. The molecular formula is C27H47N. The summed E-state index contributed by atoms with van der Waals surface area (Å²) in [6, 6.07) is 11.4. The number of hydrogen-bond donors (Lipinski definition) is 0. The normalized spacial score (nSPS) is 17.1. The van der Waals surface area contributed by atoms with Crippen molar-refractivity contribution in [1.82, 2.24) is 4.90 Å². The van der Waals surface area contributed by atoms with Gasteiger partial charge in [0.1, 0.15) is 0 Å². The van der Waals surface area contributed by atoms with Crippen LogP contribution in [0.25, 0.3) is 0 Å². The minimum Gasteiger partial charge on any atom is -0.294 e. The van der Waals surface area contributed by atoms with Crippen molar-refractivity contribution >= 4 is 0 Å². The van der Waals surface area contributed by atoms with Gasteiger partial charge in [0, 0.05) is 5.54 Å². The summed E-state index contributed by atoms with van der Waals surface area (Å²) in [6.45, 7) is 7.29. The monoisotopic (exact) mass is 385 g/mol. The molecule has 1 aromatic rings. The van der Waals surface area contributed by atoms with Gasteiger partial charge in [-0.1, -0.05) is 121 Å². The molecule has 1 saturated heterocycles. The van der Waals surface area contributed by atoms with E-state index in [1.54, 1.807) is 5.56 Å². The van der Waals surface area contributed by atoms with Crippen LogP contribution in [0.15, 0.2) is 30.3 Å². The molecule has 1 aliphatic rings. The van der Waals surface area contributed by atoms with Gasteiger partial charge in [-0.2, -0.15) is 0 Å². The Labute approximate surface area is 176 Å². The first-order chi connectivity index (χ1) is 13.8. The molecule has 0 bridgehead atoms. The summed E-state index contributed by atoms with van der Waals surface area (Å²) < 4.78 is 0. The van der Waals surface area contributed by atoms with Crippen molar-refractivity contribution in [1.29, 1.82) is 0 Å². The molecule has 0 aromatic heterocycles. The maximum Gasteiger partial charge on any atom is 0.0458 e. The molecule has 0 aliphatic carbocycles. The molecule has 2 rings (SSSR count). The molecule has 1 heteroatoms. The van der Waals surface area contributed by atoms with Crippen LogP contribution in [0.4, 0.5) is 0 Å². The molecule has 0 saturated carbocycles. The van der Waals surface area contributed by atoms with Gasteiger partial charge in [0.25, 0.3) is 0 Å². The van der Waals surface area contributed by atoms with E-state index in [1.165, 1.54) is 116 Å². The Morgan fingerprint density at radius 1 is 0.679 bits per heavy atom. The fourth-order valence-corrected chi connectivity index (χ4v) is 5.24. The summed E-state index contributed by atoms with van der Waals surface area (Å²) in [4.78, 5) is 2.81. The fourth-order valence-electron chi connectivity index (χ4n) is 5.24. The molecule has 1 unspecified atom stereocenters. The second-order valence-corrected chi connectivity index (χ2v) is 9.08. The molecule has 0 amide bonds. The second kappa shape index (κ2) is 14.2. The van der Waals surface area contributed by atoms with Crippen LogP contribution in [0.2, 0.25) is 0 Å². The van der Waals surface area contributed by atoms with Gasteiger partial charge in [0.15, 0.2) is 0 Å². The van der Waals surface area contributed by atoms with Crippen LogP contribution in [-0.4, -0.2) is 18.0 Å². The zero-order chi connectivity index (χ0) is 19.9. The fraction of sp³-hybridized carbons (Fsp3) is 0.778. The molecule has 1 atom stereocenters. The van der Waals surface area contributed by atoms with Gasteiger partial charge >= 0.3 is 0 Å². The third-order valence-corrected chi connectivity index (χ3v) is 7.05. The first-order valence-corrected chi connectivity index (χ1v) is 12.6. The SMILES string of the molecule is CCCCCCCCCCCCCCC(CC)(c1ccccc1)N1CCCC1. The largest absolute Gasteiger partial charge is 0.294 e. The molecular weight excluding hydrogens is 338 g/mol. The topological polar surface area (TPSA) is 3.24 Å². The molecule has 1 aliphatic heterocycles. The zero-order valence-electron chi connectivity index (χ0n) is 19.1. The number of rotatable bonds is 16. The van der Waals surface area contributed by atoms with E-state index >= 15 is 0 Å². The van der Waals surface area contributed by atoms with Gasteiger partial charge in [-0.3, -0.25) is 4.90 Å². The quantitative estimate of drug-likeness (QED) is 0.258. The number of likely N-dealkylation sites (tertiary alicyclic amines) is 1. The van der Waals surface area contributed by atoms with Crippen molar-refractivity contribution < 1.29 is 0 Å². The highest BCUT2D eigenvalue weighted by molar-refractivity contribution is 5.25. The van der Waals surface area contributed by atoms with E-state index < -0.39 is 0 Å². The first-order valence-electron chi connectivity index (χ1n) is 12.6. The van der Waals surface area contributed by atoms with E-state index in [2.05, 4.69) is 49.1 Å². The summed E-state index contributed by atoms with van der Waals surface area (Å²) >= 11 is 0. The third kappa shape index (κ3) is 7.54. The lowest BCUT2D eigenvalue weighted by atomic mass is 9.80. The third-order valence-electron chi connectivity index (χ3n) is 7.05. The minimum absolute atomic E-state index is 0.288. The molecule has 0 N–H and O–H groups in total. The predicted molar refractivity (Wildman–Crippen MR) is 125 cm³/mol. The molecule has 28 heavy (non-hydrogen) atoms. The molecule has 0 radical (unpaired) electrons. The second-order valence-electron chi connectivity index (χ2n) is 9.08. The van der Waals surface area contributed by atoms with Gasteiger partial charge < -0.3 is 0 Å². The summed E-state index contributed by atoms with van der Waals surface area (Å²) in [5, 5.41) is 0. The summed E-state index contributed by atoms with van der Waals surface area (Å²) in [7, 11) is 0. The van der Waals surface area contributed by atoms with Crippen LogP contribution in [0.1, 0.15) is 122 Å². The average Bonchev–Trinajstić information content (AvgIpc) is 3.28. The van der Waals surface area contributed by atoms with Crippen molar-refractivity contribution in [2.45, 2.75) is 122 Å². The Morgan fingerprint density at radius 3 is 1.68 bits per heavy atom. The van der Waals surface area contributed by atoms with Gasteiger partial charge in [-0.05, 0) is 44.3 Å². The van der Waals surface area contributed by atoms with Crippen LogP contribution < -0.4 is 0 Å². The lowest BCUT2D eigenvalue weighted by Crippen LogP contribution is -2.44. The average molecular weight is 386 g/mol. The number of unbranched alkanes of at least 4 members (excludes halogenated alkanes) is 11. The van der Waals surface area contributed by atoms with Crippen molar-refractivity contribution in [2.75, 3.05) is 13.1 Å². The highest BCUT2D eigenvalue weighted by Gasteiger charge is 2.37. The molecule has 1 fully saturated rings. The van der Waals surface area contributed by atoms with Gasteiger partial charge in [0.2, 0.25) is 0 Å². The Kier molecular flexibility index (Phi) is 11.9. The number of nitrogens with zero attached hydrogens (tertiary/aromatic N) is 1. The highest BCUT2D eigenvalue weighted by atomic mass is 15.2. The van der Waals surface area contributed by atoms with Crippen LogP contribution >= 0.6 is 0 Å². The van der Waals surface area contributed by atoms with E-state index in [-0.39, 0.29) is 5.54 Å². The standard InChI is InChI=1S/C27H47N/c1-3-5-6-7-8-9-10-11-12-13-14-18-23-27(4-2,28-24-19-20-25-28)26-21-16-15-17-22-26/h15-17,21-22H,3-14,18-20,23-25H2,1-2H3. The number of hydrogen-bond acceptors (Lipinski definition) is 1. The van der Waals surface area contributed by atoms with Gasteiger partial charge in [0.05, 0.1) is 0 Å². The van der Waals surface area contributed by atoms with Crippen molar-refractivity contribution in [3.63, 3.8) is 0 Å². The summed E-state index contributed by atoms with van der Waals surface area (Å²) in [5.41, 5.74) is 1.85. The van der Waals surface area contributed by atoms with Crippen LogP contribution in [0, 0.1) is 0 Å². The van der Waals surface area contributed by atoms with Crippen LogP contribution in [0.3, 0.4) is 0 Å². The summed E-state index contributed by atoms with van der Waals surface area (Å²) in [5.74, 6) is 0. The first kappa shape index (κ1) is 23.5. The molecule has 1 aromatic carbocycles. The Hall–Kier alpha value is -0.820. The van der Waals surface area contributed by atoms with E-state index in [4.69, 9.17) is 0 Å².